The number of carbonyl (C=O) groups is 1. The van der Waals surface area contributed by atoms with Crippen LogP contribution in [0, 0.1) is 11.3 Å². The number of fused-ring (bicyclic) bond motifs is 1. The minimum absolute atomic E-state index is 0.0870. The van der Waals surface area contributed by atoms with Gasteiger partial charge in [-0.3, -0.25) is 4.79 Å². The van der Waals surface area contributed by atoms with Crippen molar-refractivity contribution < 1.29 is 4.79 Å². The average Bonchev–Trinajstić information content (AvgIpc) is 2.51. The molecule has 0 saturated carbocycles. The van der Waals surface area contributed by atoms with Crippen LogP contribution in [-0.2, 0) is 10.2 Å². The van der Waals surface area contributed by atoms with Crippen LogP contribution in [0.25, 0.3) is 0 Å². The van der Waals surface area contributed by atoms with Crippen molar-refractivity contribution in [2.45, 2.75) is 25.2 Å². The smallest absolute Gasteiger partial charge is 0.237 e. The molecular weight excluding hydrogens is 200 g/mol. The molecule has 0 fully saturated rings. The van der Waals surface area contributed by atoms with Gasteiger partial charge in [-0.25, -0.2) is 0 Å². The standard InChI is InChI=1S/C13H14N2O/c1-13(8-5-9-14)10-6-3-4-7-11(10)15(2)12(13)16/h3-4,6-7H,5,8H2,1-2H3. The summed E-state index contributed by atoms with van der Waals surface area (Å²) in [6.45, 7) is 1.93. The fourth-order valence-corrected chi connectivity index (χ4v) is 2.37. The Morgan fingerprint density at radius 3 is 2.81 bits per heavy atom. The van der Waals surface area contributed by atoms with Gasteiger partial charge in [-0.05, 0) is 25.0 Å². The average molecular weight is 214 g/mol. The van der Waals surface area contributed by atoms with Crippen LogP contribution in [0.4, 0.5) is 5.69 Å². The molecule has 1 aliphatic heterocycles. The molecule has 0 radical (unpaired) electrons. The van der Waals surface area contributed by atoms with Gasteiger partial charge in [0.25, 0.3) is 0 Å². The highest BCUT2D eigenvalue weighted by molar-refractivity contribution is 6.07. The normalized spacial score (nSPS) is 23.1. The number of hydrogen-bond donors (Lipinski definition) is 0. The summed E-state index contributed by atoms with van der Waals surface area (Å²) in [5.74, 6) is 0.0870. The van der Waals surface area contributed by atoms with E-state index in [2.05, 4.69) is 6.07 Å². The van der Waals surface area contributed by atoms with Gasteiger partial charge in [-0.2, -0.15) is 5.26 Å². The molecule has 0 saturated heterocycles. The molecule has 1 unspecified atom stereocenters. The maximum atomic E-state index is 12.2. The highest BCUT2D eigenvalue weighted by Crippen LogP contribution is 2.43. The van der Waals surface area contributed by atoms with Gasteiger partial charge in [-0.1, -0.05) is 18.2 Å². The van der Waals surface area contributed by atoms with Gasteiger partial charge < -0.3 is 4.90 Å². The monoisotopic (exact) mass is 214 g/mol. The van der Waals surface area contributed by atoms with Crippen molar-refractivity contribution in [3.63, 3.8) is 0 Å². The first-order valence-corrected chi connectivity index (χ1v) is 5.36. The summed E-state index contributed by atoms with van der Waals surface area (Å²) in [7, 11) is 1.79. The van der Waals surface area contributed by atoms with Crippen LogP contribution < -0.4 is 4.90 Å². The van der Waals surface area contributed by atoms with Gasteiger partial charge in [0.2, 0.25) is 5.91 Å². The zero-order chi connectivity index (χ0) is 11.8. The number of benzene rings is 1. The van der Waals surface area contributed by atoms with E-state index in [1.807, 2.05) is 31.2 Å². The Labute approximate surface area is 95.3 Å². The van der Waals surface area contributed by atoms with Crippen molar-refractivity contribution in [3.05, 3.63) is 29.8 Å². The number of nitrogens with zero attached hydrogens (tertiary/aromatic N) is 2. The SMILES string of the molecule is CN1C(=O)C(C)(CCC#N)c2ccccc21. The van der Waals surface area contributed by atoms with Crippen molar-refractivity contribution in [2.75, 3.05) is 11.9 Å². The molecule has 0 spiro atoms. The zero-order valence-electron chi connectivity index (χ0n) is 9.53. The number of para-hydroxylation sites is 1. The van der Waals surface area contributed by atoms with E-state index < -0.39 is 5.41 Å². The minimum Gasteiger partial charge on any atom is -0.314 e. The molecule has 2 rings (SSSR count). The van der Waals surface area contributed by atoms with E-state index in [1.54, 1.807) is 11.9 Å². The fourth-order valence-electron chi connectivity index (χ4n) is 2.37. The number of carbonyl (C=O) groups excluding carboxylic acids is 1. The number of nitriles is 1. The number of hydrogen-bond acceptors (Lipinski definition) is 2. The van der Waals surface area contributed by atoms with Gasteiger partial charge in [-0.15, -0.1) is 0 Å². The summed E-state index contributed by atoms with van der Waals surface area (Å²) in [6, 6.07) is 9.91. The molecule has 1 atom stereocenters. The first kappa shape index (κ1) is 10.7. The molecule has 0 bridgehead atoms. The van der Waals surface area contributed by atoms with E-state index in [0.717, 1.165) is 11.3 Å². The van der Waals surface area contributed by atoms with Crippen molar-refractivity contribution in [3.8, 4) is 6.07 Å². The van der Waals surface area contributed by atoms with Crippen molar-refractivity contribution in [1.29, 1.82) is 5.26 Å². The van der Waals surface area contributed by atoms with Gasteiger partial charge in [0.05, 0.1) is 11.5 Å². The van der Waals surface area contributed by atoms with E-state index in [1.165, 1.54) is 0 Å². The van der Waals surface area contributed by atoms with Crippen LogP contribution in [0.2, 0.25) is 0 Å². The first-order valence-electron chi connectivity index (χ1n) is 5.36. The van der Waals surface area contributed by atoms with Crippen LogP contribution in [0.3, 0.4) is 0 Å². The van der Waals surface area contributed by atoms with E-state index in [4.69, 9.17) is 5.26 Å². The van der Waals surface area contributed by atoms with E-state index >= 15 is 0 Å². The fraction of sp³-hybridized carbons (Fsp3) is 0.385. The second kappa shape index (κ2) is 3.64. The van der Waals surface area contributed by atoms with Crippen molar-refractivity contribution >= 4 is 11.6 Å². The van der Waals surface area contributed by atoms with Gasteiger partial charge in [0.1, 0.15) is 0 Å². The van der Waals surface area contributed by atoms with E-state index in [-0.39, 0.29) is 5.91 Å². The highest BCUT2D eigenvalue weighted by Gasteiger charge is 2.45. The summed E-state index contributed by atoms with van der Waals surface area (Å²) in [6.07, 6.45) is 0.994. The molecule has 3 heteroatoms. The van der Waals surface area contributed by atoms with Gasteiger partial charge >= 0.3 is 0 Å². The lowest BCUT2D eigenvalue weighted by atomic mass is 9.80. The predicted molar refractivity (Wildman–Crippen MR) is 62.1 cm³/mol. The van der Waals surface area contributed by atoms with Crippen molar-refractivity contribution in [2.24, 2.45) is 0 Å². The second-order valence-electron chi connectivity index (χ2n) is 4.37. The topological polar surface area (TPSA) is 44.1 Å². The molecular formula is C13H14N2O. The Morgan fingerprint density at radius 2 is 2.12 bits per heavy atom. The molecule has 1 heterocycles. The van der Waals surface area contributed by atoms with Gasteiger partial charge in [0, 0.05) is 19.2 Å². The van der Waals surface area contributed by atoms with Crippen LogP contribution in [0.1, 0.15) is 25.3 Å². The second-order valence-corrected chi connectivity index (χ2v) is 4.37. The Balaban J connectivity index is 2.48. The summed E-state index contributed by atoms with van der Waals surface area (Å²) >= 11 is 0. The Bertz CT molecular complexity index is 475. The lowest BCUT2D eigenvalue weighted by Crippen LogP contribution is -2.35. The molecule has 3 nitrogen and oxygen atoms in total. The first-order chi connectivity index (χ1) is 7.61. The van der Waals surface area contributed by atoms with Crippen LogP contribution in [0.15, 0.2) is 24.3 Å². The number of anilines is 1. The third kappa shape index (κ3) is 1.30. The number of likely N-dealkylation sites (N-methyl/N-ethyl adjacent to an activating group) is 1. The largest absolute Gasteiger partial charge is 0.314 e. The Hall–Kier alpha value is -1.82. The summed E-state index contributed by atoms with van der Waals surface area (Å²) < 4.78 is 0. The van der Waals surface area contributed by atoms with E-state index in [0.29, 0.717) is 12.8 Å². The van der Waals surface area contributed by atoms with E-state index in [9.17, 15) is 4.79 Å². The maximum Gasteiger partial charge on any atom is 0.237 e. The number of rotatable bonds is 2. The predicted octanol–water partition coefficient (Wildman–Crippen LogP) is 2.22. The zero-order valence-corrected chi connectivity index (χ0v) is 9.53. The summed E-state index contributed by atoms with van der Waals surface area (Å²) in [5, 5.41) is 8.67. The number of amides is 1. The molecule has 1 aromatic rings. The van der Waals surface area contributed by atoms with Crippen LogP contribution in [-0.4, -0.2) is 13.0 Å². The Kier molecular flexibility index (Phi) is 2.43. The molecule has 1 amide bonds. The molecule has 1 aliphatic rings. The molecule has 1 aromatic carbocycles. The van der Waals surface area contributed by atoms with Crippen LogP contribution >= 0.6 is 0 Å². The quantitative estimate of drug-likeness (QED) is 0.757. The Morgan fingerprint density at radius 1 is 1.44 bits per heavy atom. The summed E-state index contributed by atoms with van der Waals surface area (Å²) in [4.78, 5) is 13.9. The molecule has 82 valence electrons. The van der Waals surface area contributed by atoms with Crippen molar-refractivity contribution in [1.82, 2.24) is 0 Å². The highest BCUT2D eigenvalue weighted by atomic mass is 16.2. The van der Waals surface area contributed by atoms with Crippen LogP contribution in [0.5, 0.6) is 0 Å². The molecule has 0 aliphatic carbocycles. The van der Waals surface area contributed by atoms with Gasteiger partial charge in [0.15, 0.2) is 0 Å². The lowest BCUT2D eigenvalue weighted by Gasteiger charge is -2.21. The maximum absolute atomic E-state index is 12.2. The molecule has 0 N–H and O–H groups in total. The molecule has 0 aromatic heterocycles. The third-order valence-corrected chi connectivity index (χ3v) is 3.37. The lowest BCUT2D eigenvalue weighted by molar-refractivity contribution is -0.122. The minimum atomic E-state index is -0.527. The summed E-state index contributed by atoms with van der Waals surface area (Å²) in [5.41, 5.74) is 1.48. The molecule has 16 heavy (non-hydrogen) atoms. The third-order valence-electron chi connectivity index (χ3n) is 3.37.